The SMILES string of the molecule is [2H]C([2H])(Oc1ccc(CNC(=O)N(Cc2ccc(F)cc2)C2CC([2H])([2H])N(C([2H])([2H])[2H])C([2H])([2H])C2)cc1)C(C)C. The first-order valence-electron chi connectivity index (χ1n) is 14.7. The zero-order valence-electron chi connectivity index (χ0n) is 26.7. The number of carbonyl (C=O) groups is 1. The van der Waals surface area contributed by atoms with Crippen molar-refractivity contribution in [1.82, 2.24) is 15.1 Å². The normalized spacial score (nSPS) is 23.5. The van der Waals surface area contributed by atoms with E-state index in [0.717, 1.165) is 0 Å². The smallest absolute Gasteiger partial charge is 0.318 e. The topological polar surface area (TPSA) is 44.8 Å². The predicted octanol–water partition coefficient (Wildman–Crippen LogP) is 4.67. The van der Waals surface area contributed by atoms with Gasteiger partial charge in [0.2, 0.25) is 0 Å². The van der Waals surface area contributed by atoms with E-state index in [9.17, 15) is 9.18 Å². The largest absolute Gasteiger partial charge is 0.493 e. The molecule has 2 aromatic rings. The van der Waals surface area contributed by atoms with Gasteiger partial charge in [-0.15, -0.1) is 0 Å². The number of rotatable bonds is 8. The van der Waals surface area contributed by atoms with Crippen LogP contribution in [-0.2, 0) is 13.1 Å². The van der Waals surface area contributed by atoms with Crippen molar-refractivity contribution in [1.29, 1.82) is 0 Å². The molecule has 1 heterocycles. The van der Waals surface area contributed by atoms with Crippen LogP contribution in [0, 0.1) is 11.7 Å². The Morgan fingerprint density at radius 1 is 1.23 bits per heavy atom. The quantitative estimate of drug-likeness (QED) is 0.654. The van der Waals surface area contributed by atoms with Gasteiger partial charge in [0.15, 0.2) is 0 Å². The van der Waals surface area contributed by atoms with Crippen LogP contribution < -0.4 is 10.1 Å². The predicted molar refractivity (Wildman–Crippen MR) is 121 cm³/mol. The van der Waals surface area contributed by atoms with Crippen LogP contribution in [0.2, 0.25) is 0 Å². The van der Waals surface area contributed by atoms with Gasteiger partial charge in [-0.25, -0.2) is 9.18 Å². The fraction of sp³-hybridized carbons (Fsp3) is 0.480. The van der Waals surface area contributed by atoms with E-state index in [-0.39, 0.29) is 23.9 Å². The molecule has 6 heteroatoms. The van der Waals surface area contributed by atoms with Gasteiger partial charge in [0.25, 0.3) is 0 Å². The Labute approximate surface area is 197 Å². The Morgan fingerprint density at radius 3 is 2.48 bits per heavy atom. The number of ether oxygens (including phenoxy) is 1. The van der Waals surface area contributed by atoms with E-state index in [1.807, 2.05) is 0 Å². The molecule has 3 rings (SSSR count). The molecule has 0 aromatic heterocycles. The van der Waals surface area contributed by atoms with Gasteiger partial charge in [0.1, 0.15) is 11.6 Å². The van der Waals surface area contributed by atoms with Crippen molar-refractivity contribution in [3.8, 4) is 5.75 Å². The molecule has 0 unspecified atom stereocenters. The van der Waals surface area contributed by atoms with Crippen LogP contribution in [0.3, 0.4) is 0 Å². The maximum absolute atomic E-state index is 13.5. The summed E-state index contributed by atoms with van der Waals surface area (Å²) in [5.74, 6) is -0.535. The van der Waals surface area contributed by atoms with Crippen LogP contribution in [0.4, 0.5) is 9.18 Å². The molecule has 0 bridgehead atoms. The summed E-state index contributed by atoms with van der Waals surface area (Å²) in [6.45, 7) is -6.71. The second-order valence-corrected chi connectivity index (χ2v) is 7.65. The lowest BCUT2D eigenvalue weighted by atomic mass is 10.0. The van der Waals surface area contributed by atoms with E-state index in [1.165, 1.54) is 29.2 Å². The van der Waals surface area contributed by atoms with Crippen molar-refractivity contribution in [3.63, 3.8) is 0 Å². The zero-order chi connectivity index (χ0) is 30.1. The second-order valence-electron chi connectivity index (χ2n) is 7.65. The molecule has 1 aliphatic heterocycles. The molecule has 31 heavy (non-hydrogen) atoms. The highest BCUT2D eigenvalue weighted by molar-refractivity contribution is 5.74. The van der Waals surface area contributed by atoms with Crippen molar-refractivity contribution in [2.75, 3.05) is 26.5 Å². The summed E-state index contributed by atoms with van der Waals surface area (Å²) in [4.78, 5) is 14.9. The van der Waals surface area contributed by atoms with Crippen LogP contribution >= 0.6 is 0 Å². The highest BCUT2D eigenvalue weighted by Crippen LogP contribution is 2.19. The van der Waals surface area contributed by atoms with Crippen molar-refractivity contribution < 1.29 is 26.3 Å². The molecule has 2 amide bonds. The molecule has 5 nitrogen and oxygen atoms in total. The zero-order valence-corrected chi connectivity index (χ0v) is 17.7. The minimum absolute atomic E-state index is 0.0456. The summed E-state index contributed by atoms with van der Waals surface area (Å²) in [5, 5.41) is 2.74. The third-order valence-corrected chi connectivity index (χ3v) is 4.72. The summed E-state index contributed by atoms with van der Waals surface area (Å²) in [5.41, 5.74) is 1.19. The third-order valence-electron chi connectivity index (χ3n) is 4.72. The molecule has 0 aliphatic carbocycles. The van der Waals surface area contributed by atoms with E-state index in [4.69, 9.17) is 17.1 Å². The summed E-state index contributed by atoms with van der Waals surface area (Å²) in [6.07, 6.45) is -0.910. The van der Waals surface area contributed by atoms with Crippen molar-refractivity contribution in [2.45, 2.75) is 45.8 Å². The number of likely N-dealkylation sites (tertiary alicyclic amines) is 1. The molecule has 2 aromatic carbocycles. The van der Waals surface area contributed by atoms with Crippen LogP contribution in [0.15, 0.2) is 48.5 Å². The van der Waals surface area contributed by atoms with E-state index in [0.29, 0.717) is 16.9 Å². The van der Waals surface area contributed by atoms with Crippen molar-refractivity contribution >= 4 is 6.03 Å². The molecule has 168 valence electrons. The number of carbonyl (C=O) groups excluding carboxylic acids is 1. The minimum atomic E-state index is -3.04. The summed E-state index contributed by atoms with van der Waals surface area (Å²) < 4.78 is 91.2. The first-order chi connectivity index (χ1) is 18.3. The van der Waals surface area contributed by atoms with Crippen LogP contribution in [-0.4, -0.2) is 48.4 Å². The highest BCUT2D eigenvalue weighted by atomic mass is 19.1. The van der Waals surface area contributed by atoms with Gasteiger partial charge >= 0.3 is 6.03 Å². The Hall–Kier alpha value is -2.60. The number of nitrogens with zero attached hydrogens (tertiary/aromatic N) is 2. The highest BCUT2D eigenvalue weighted by Gasteiger charge is 2.27. The van der Waals surface area contributed by atoms with Gasteiger partial charge < -0.3 is 19.9 Å². The molecule has 0 radical (unpaired) electrons. The molecule has 1 N–H and O–H groups in total. The monoisotopic (exact) mass is 436 g/mol. The number of halogens is 1. The first kappa shape index (κ1) is 13.7. The number of hydrogen-bond donors (Lipinski definition) is 1. The average Bonchev–Trinajstić information content (AvgIpc) is 2.80. The molecule has 1 aliphatic rings. The molecule has 0 atom stereocenters. The number of benzene rings is 2. The Balaban J connectivity index is 1.80. The molecule has 0 saturated carbocycles. The average molecular weight is 437 g/mol. The van der Waals surface area contributed by atoms with Crippen LogP contribution in [0.5, 0.6) is 5.75 Å². The van der Waals surface area contributed by atoms with Gasteiger partial charge in [-0.3, -0.25) is 0 Å². The molecular weight excluding hydrogens is 393 g/mol. The lowest BCUT2D eigenvalue weighted by Crippen LogP contribution is -2.49. The molecule has 1 fully saturated rings. The van der Waals surface area contributed by atoms with Gasteiger partial charge in [0, 0.05) is 28.7 Å². The van der Waals surface area contributed by atoms with Crippen LogP contribution in [0.1, 0.15) is 50.2 Å². The van der Waals surface area contributed by atoms with Gasteiger partial charge in [-0.2, -0.15) is 0 Å². The molecule has 0 spiro atoms. The Morgan fingerprint density at radius 2 is 1.87 bits per heavy atom. The second kappa shape index (κ2) is 11.1. The van der Waals surface area contributed by atoms with Gasteiger partial charge in [-0.1, -0.05) is 38.1 Å². The summed E-state index contributed by atoms with van der Waals surface area (Å²) in [6, 6.07) is 10.2. The van der Waals surface area contributed by atoms with Crippen molar-refractivity contribution in [2.24, 2.45) is 5.92 Å². The number of urea groups is 1. The van der Waals surface area contributed by atoms with Crippen molar-refractivity contribution in [3.05, 3.63) is 65.5 Å². The van der Waals surface area contributed by atoms with Gasteiger partial charge in [0.05, 0.1) is 9.30 Å². The van der Waals surface area contributed by atoms with E-state index < -0.39 is 57.3 Å². The Kier molecular flexibility index (Phi) is 4.94. The fourth-order valence-corrected chi connectivity index (χ4v) is 3.04. The maximum atomic E-state index is 13.5. The molecular formula is C25H34FN3O2. The number of amides is 2. The Bertz CT molecular complexity index is 1140. The fourth-order valence-electron chi connectivity index (χ4n) is 3.04. The number of hydrogen-bond acceptors (Lipinski definition) is 3. The van der Waals surface area contributed by atoms with E-state index in [1.54, 1.807) is 38.1 Å². The minimum Gasteiger partial charge on any atom is -0.493 e. The van der Waals surface area contributed by atoms with Gasteiger partial charge in [-0.05, 0) is 74.1 Å². The molecule has 1 saturated heterocycles. The lowest BCUT2D eigenvalue weighted by Gasteiger charge is -2.37. The standard InChI is InChI=1S/C25H34FN3O2/c1-19(2)18-31-24-10-6-20(7-11-24)16-27-25(30)29(23-12-14-28(3)15-13-23)17-21-4-8-22(26)9-5-21/h4-11,19,23H,12-18H2,1-3H3,(H,27,30)/i3D3,14D2,15D2,18D2. The summed E-state index contributed by atoms with van der Waals surface area (Å²) >= 11 is 0. The maximum Gasteiger partial charge on any atom is 0.318 e. The summed E-state index contributed by atoms with van der Waals surface area (Å²) in [7, 11) is 0. The van der Waals surface area contributed by atoms with E-state index in [2.05, 4.69) is 5.32 Å². The first-order valence-corrected chi connectivity index (χ1v) is 10.2. The number of piperidine rings is 1. The van der Waals surface area contributed by atoms with Crippen LogP contribution in [0.25, 0.3) is 0 Å². The lowest BCUT2D eigenvalue weighted by molar-refractivity contribution is 0.127. The number of nitrogens with one attached hydrogen (secondary N) is 1. The van der Waals surface area contributed by atoms with E-state index >= 15 is 0 Å². The third kappa shape index (κ3) is 7.24.